The van der Waals surface area contributed by atoms with Gasteiger partial charge in [0.1, 0.15) is 0 Å². The van der Waals surface area contributed by atoms with E-state index in [1.54, 1.807) is 6.07 Å². The second-order valence-electron chi connectivity index (χ2n) is 3.00. The number of H-pyrrole nitrogens is 1. The van der Waals surface area contributed by atoms with Gasteiger partial charge in [0.15, 0.2) is 5.82 Å². The number of rotatable bonds is 2. The van der Waals surface area contributed by atoms with Gasteiger partial charge in [0, 0.05) is 22.5 Å². The Labute approximate surface area is 87.1 Å². The number of benzene rings is 1. The SMILES string of the molecule is Cc1cc(Nc2c[c]cc(Cl)c2)n[nH]1. The van der Waals surface area contributed by atoms with Crippen LogP contribution in [0.1, 0.15) is 5.69 Å². The zero-order chi connectivity index (χ0) is 9.97. The maximum Gasteiger partial charge on any atom is 0.152 e. The van der Waals surface area contributed by atoms with Crippen molar-refractivity contribution in [2.75, 3.05) is 5.32 Å². The van der Waals surface area contributed by atoms with Crippen LogP contribution >= 0.6 is 11.6 Å². The van der Waals surface area contributed by atoms with Crippen LogP contribution in [0.4, 0.5) is 11.5 Å². The lowest BCUT2D eigenvalue weighted by Gasteiger charge is -2.01. The van der Waals surface area contributed by atoms with Gasteiger partial charge in [0.05, 0.1) is 0 Å². The van der Waals surface area contributed by atoms with Gasteiger partial charge in [0.2, 0.25) is 0 Å². The van der Waals surface area contributed by atoms with Crippen molar-refractivity contribution in [3.8, 4) is 0 Å². The lowest BCUT2D eigenvalue weighted by Crippen LogP contribution is -1.89. The first-order valence-electron chi connectivity index (χ1n) is 4.20. The van der Waals surface area contributed by atoms with Crippen molar-refractivity contribution in [2.24, 2.45) is 0 Å². The normalized spacial score (nSPS) is 10.1. The van der Waals surface area contributed by atoms with E-state index in [2.05, 4.69) is 21.6 Å². The summed E-state index contributed by atoms with van der Waals surface area (Å²) in [6.45, 7) is 1.95. The van der Waals surface area contributed by atoms with E-state index in [9.17, 15) is 0 Å². The zero-order valence-corrected chi connectivity index (χ0v) is 8.39. The first kappa shape index (κ1) is 9.09. The highest BCUT2D eigenvalue weighted by molar-refractivity contribution is 6.30. The van der Waals surface area contributed by atoms with Crippen LogP contribution in [0, 0.1) is 13.0 Å². The fourth-order valence-electron chi connectivity index (χ4n) is 1.15. The third-order valence-corrected chi connectivity index (χ3v) is 1.95. The summed E-state index contributed by atoms with van der Waals surface area (Å²) < 4.78 is 0. The molecular formula is C10H9ClN3. The van der Waals surface area contributed by atoms with Crippen LogP contribution in [0.3, 0.4) is 0 Å². The number of nitrogens with one attached hydrogen (secondary N) is 2. The van der Waals surface area contributed by atoms with Gasteiger partial charge in [-0.2, -0.15) is 5.10 Å². The van der Waals surface area contributed by atoms with Crippen molar-refractivity contribution in [3.05, 3.63) is 41.0 Å². The minimum atomic E-state index is 0.655. The van der Waals surface area contributed by atoms with Crippen LogP contribution in [0.2, 0.25) is 5.02 Å². The van der Waals surface area contributed by atoms with Gasteiger partial charge in [-0.15, -0.1) is 0 Å². The Morgan fingerprint density at radius 1 is 1.43 bits per heavy atom. The van der Waals surface area contributed by atoms with E-state index in [0.29, 0.717) is 5.02 Å². The predicted octanol–water partition coefficient (Wildman–Crippen LogP) is 2.92. The molecule has 0 saturated carbocycles. The molecule has 1 heterocycles. The Kier molecular flexibility index (Phi) is 2.41. The molecule has 2 aromatic rings. The van der Waals surface area contributed by atoms with Gasteiger partial charge < -0.3 is 5.32 Å². The summed E-state index contributed by atoms with van der Waals surface area (Å²) in [5.41, 5.74) is 1.89. The third kappa shape index (κ3) is 2.06. The van der Waals surface area contributed by atoms with Crippen LogP contribution in [-0.2, 0) is 0 Å². The maximum absolute atomic E-state index is 5.82. The molecule has 4 heteroatoms. The van der Waals surface area contributed by atoms with Crippen molar-refractivity contribution < 1.29 is 0 Å². The largest absolute Gasteiger partial charge is 0.339 e. The molecule has 0 fully saturated rings. The number of hydrogen-bond donors (Lipinski definition) is 2. The number of hydrogen-bond acceptors (Lipinski definition) is 2. The molecule has 0 bridgehead atoms. The summed E-state index contributed by atoms with van der Waals surface area (Å²) in [5.74, 6) is 0.776. The Bertz CT molecular complexity index is 436. The molecule has 1 aromatic heterocycles. The van der Waals surface area contributed by atoms with E-state index in [1.807, 2.05) is 25.1 Å². The summed E-state index contributed by atoms with van der Waals surface area (Å²) in [7, 11) is 0. The fourth-order valence-corrected chi connectivity index (χ4v) is 1.33. The van der Waals surface area contributed by atoms with E-state index in [1.165, 1.54) is 0 Å². The first-order chi connectivity index (χ1) is 6.74. The summed E-state index contributed by atoms with van der Waals surface area (Å²) in [5, 5.41) is 10.7. The van der Waals surface area contributed by atoms with Gasteiger partial charge in [-0.25, -0.2) is 0 Å². The molecule has 3 nitrogen and oxygen atoms in total. The Balaban J connectivity index is 2.18. The molecule has 0 aliphatic rings. The average Bonchev–Trinajstić information content (AvgIpc) is 2.51. The van der Waals surface area contributed by atoms with Crippen LogP contribution in [0.15, 0.2) is 24.3 Å². The van der Waals surface area contributed by atoms with Gasteiger partial charge in [-0.1, -0.05) is 11.6 Å². The molecule has 71 valence electrons. The molecule has 0 unspecified atom stereocenters. The summed E-state index contributed by atoms with van der Waals surface area (Å²) in [6, 6.07) is 10.2. The smallest absolute Gasteiger partial charge is 0.152 e. The van der Waals surface area contributed by atoms with Crippen molar-refractivity contribution in [2.45, 2.75) is 6.92 Å². The molecule has 2 rings (SSSR count). The summed E-state index contributed by atoms with van der Waals surface area (Å²) in [4.78, 5) is 0. The number of anilines is 2. The lowest BCUT2D eigenvalue weighted by atomic mass is 10.3. The standard InChI is InChI=1S/C10H9ClN3/c1-7-5-10(14-13-7)12-9-4-2-3-8(11)6-9/h3-6H,1H3,(H2,12,13,14). The van der Waals surface area contributed by atoms with E-state index in [-0.39, 0.29) is 0 Å². The van der Waals surface area contributed by atoms with Crippen molar-refractivity contribution >= 4 is 23.1 Å². The van der Waals surface area contributed by atoms with Crippen LogP contribution < -0.4 is 5.32 Å². The van der Waals surface area contributed by atoms with E-state index >= 15 is 0 Å². The molecule has 2 N–H and O–H groups in total. The Hall–Kier alpha value is -1.48. The van der Waals surface area contributed by atoms with Crippen LogP contribution in [0.25, 0.3) is 0 Å². The molecule has 1 radical (unpaired) electrons. The third-order valence-electron chi connectivity index (χ3n) is 1.73. The topological polar surface area (TPSA) is 40.7 Å². The van der Waals surface area contributed by atoms with Crippen LogP contribution in [-0.4, -0.2) is 10.2 Å². The van der Waals surface area contributed by atoms with Gasteiger partial charge >= 0.3 is 0 Å². The molecule has 0 atom stereocenters. The highest BCUT2D eigenvalue weighted by Crippen LogP contribution is 2.18. The van der Waals surface area contributed by atoms with Crippen molar-refractivity contribution in [1.82, 2.24) is 10.2 Å². The monoisotopic (exact) mass is 206 g/mol. The second kappa shape index (κ2) is 3.72. The molecule has 0 aliphatic heterocycles. The Morgan fingerprint density at radius 2 is 2.29 bits per heavy atom. The molecule has 0 amide bonds. The number of aromatic nitrogens is 2. The first-order valence-corrected chi connectivity index (χ1v) is 4.57. The van der Waals surface area contributed by atoms with Crippen molar-refractivity contribution in [3.63, 3.8) is 0 Å². The van der Waals surface area contributed by atoms with Crippen molar-refractivity contribution in [1.29, 1.82) is 0 Å². The average molecular weight is 207 g/mol. The van der Waals surface area contributed by atoms with E-state index in [0.717, 1.165) is 17.2 Å². The summed E-state index contributed by atoms with van der Waals surface area (Å²) >= 11 is 5.82. The lowest BCUT2D eigenvalue weighted by molar-refractivity contribution is 1.05. The van der Waals surface area contributed by atoms with Gasteiger partial charge in [-0.05, 0) is 31.2 Å². The molecule has 0 saturated heterocycles. The quantitative estimate of drug-likeness (QED) is 0.793. The summed E-state index contributed by atoms with van der Waals surface area (Å²) in [6.07, 6.45) is 0. The number of aromatic amines is 1. The minimum absolute atomic E-state index is 0.655. The van der Waals surface area contributed by atoms with Crippen LogP contribution in [0.5, 0.6) is 0 Å². The van der Waals surface area contributed by atoms with E-state index in [4.69, 9.17) is 11.6 Å². The Morgan fingerprint density at radius 3 is 2.93 bits per heavy atom. The van der Waals surface area contributed by atoms with E-state index < -0.39 is 0 Å². The number of nitrogens with zero attached hydrogens (tertiary/aromatic N) is 1. The highest BCUT2D eigenvalue weighted by Gasteiger charge is 1.98. The molecule has 0 spiro atoms. The number of aryl methyl sites for hydroxylation is 1. The maximum atomic E-state index is 5.82. The number of halogens is 1. The minimum Gasteiger partial charge on any atom is -0.339 e. The zero-order valence-electron chi connectivity index (χ0n) is 7.63. The molecule has 0 aliphatic carbocycles. The molecule has 1 aromatic carbocycles. The highest BCUT2D eigenvalue weighted by atomic mass is 35.5. The van der Waals surface area contributed by atoms with Gasteiger partial charge in [0.25, 0.3) is 0 Å². The predicted molar refractivity (Wildman–Crippen MR) is 56.9 cm³/mol. The van der Waals surface area contributed by atoms with Gasteiger partial charge in [-0.3, -0.25) is 5.10 Å². The molecular weight excluding hydrogens is 198 g/mol. The fraction of sp³-hybridized carbons (Fsp3) is 0.100. The second-order valence-corrected chi connectivity index (χ2v) is 3.44. The molecule has 14 heavy (non-hydrogen) atoms.